The molecule has 0 radical (unpaired) electrons. The monoisotopic (exact) mass is 428 g/mol. The van der Waals surface area contributed by atoms with Crippen LogP contribution in [0.5, 0.6) is 0 Å². The highest BCUT2D eigenvalue weighted by Gasteiger charge is 2.37. The first-order valence-corrected chi connectivity index (χ1v) is 9.84. The lowest BCUT2D eigenvalue weighted by Gasteiger charge is -2.42. The predicted octanol–water partition coefficient (Wildman–Crippen LogP) is 6.41. The summed E-state index contributed by atoms with van der Waals surface area (Å²) >= 11 is 0. The molecule has 2 amide bonds. The molecule has 0 aromatic heterocycles. The minimum atomic E-state index is -4.43. The highest BCUT2D eigenvalue weighted by Crippen LogP contribution is 2.39. The highest BCUT2D eigenvalue weighted by atomic mass is 19.4. The fourth-order valence-corrected chi connectivity index (χ4v) is 4.04. The van der Waals surface area contributed by atoms with Gasteiger partial charge >= 0.3 is 12.2 Å². The van der Waals surface area contributed by atoms with Crippen molar-refractivity contribution in [1.29, 1.82) is 0 Å². The number of benzene rings is 3. The molecule has 0 saturated heterocycles. The average molecular weight is 428 g/mol. The number of hydrogen-bond acceptors (Lipinski definition) is 1. The van der Waals surface area contributed by atoms with E-state index in [0.717, 1.165) is 23.3 Å². The molecule has 1 aliphatic heterocycles. The molecule has 3 nitrogen and oxygen atoms in total. The normalized spacial score (nSPS) is 18.4. The summed E-state index contributed by atoms with van der Waals surface area (Å²) in [5.74, 6) is -0.416. The van der Waals surface area contributed by atoms with Crippen LogP contribution in [-0.2, 0) is 12.6 Å². The summed E-state index contributed by atoms with van der Waals surface area (Å²) in [4.78, 5) is 14.9. The van der Waals surface area contributed by atoms with Gasteiger partial charge in [-0.25, -0.2) is 9.18 Å². The third kappa shape index (κ3) is 4.26. The van der Waals surface area contributed by atoms with Crippen molar-refractivity contribution in [1.82, 2.24) is 4.90 Å². The van der Waals surface area contributed by atoms with E-state index in [1.807, 2.05) is 31.2 Å². The Morgan fingerprint density at radius 1 is 0.968 bits per heavy atom. The molecule has 0 saturated carbocycles. The summed E-state index contributed by atoms with van der Waals surface area (Å²) in [6, 6.07) is 16.8. The van der Waals surface area contributed by atoms with Gasteiger partial charge in [-0.3, -0.25) is 0 Å². The van der Waals surface area contributed by atoms with Crippen LogP contribution in [0.25, 0.3) is 0 Å². The molecule has 3 aromatic rings. The van der Waals surface area contributed by atoms with Gasteiger partial charge in [0.05, 0.1) is 11.6 Å². The number of carbonyl (C=O) groups excluding carboxylic acids is 1. The van der Waals surface area contributed by atoms with Crippen molar-refractivity contribution in [2.75, 3.05) is 5.32 Å². The first kappa shape index (κ1) is 20.9. The quantitative estimate of drug-likeness (QED) is 0.470. The Morgan fingerprint density at radius 3 is 2.26 bits per heavy atom. The minimum absolute atomic E-state index is 0.206. The third-order valence-corrected chi connectivity index (χ3v) is 5.50. The fraction of sp³-hybridized carbons (Fsp3) is 0.208. The first-order valence-electron chi connectivity index (χ1n) is 9.84. The molecule has 7 heteroatoms. The number of nitrogens with zero attached hydrogens (tertiary/aromatic N) is 1. The van der Waals surface area contributed by atoms with Crippen LogP contribution in [0.3, 0.4) is 0 Å². The van der Waals surface area contributed by atoms with E-state index in [4.69, 9.17) is 0 Å². The fourth-order valence-electron chi connectivity index (χ4n) is 4.04. The largest absolute Gasteiger partial charge is 0.416 e. The number of fused-ring (bicyclic) bond motifs is 1. The highest BCUT2D eigenvalue weighted by molar-refractivity contribution is 5.90. The number of amides is 2. The van der Waals surface area contributed by atoms with E-state index in [2.05, 4.69) is 5.32 Å². The van der Waals surface area contributed by atoms with Crippen LogP contribution in [0.4, 0.5) is 28.0 Å². The van der Waals surface area contributed by atoms with Gasteiger partial charge < -0.3 is 10.2 Å². The van der Waals surface area contributed by atoms with E-state index in [1.165, 1.54) is 36.4 Å². The van der Waals surface area contributed by atoms with Crippen LogP contribution < -0.4 is 5.32 Å². The Labute approximate surface area is 177 Å². The smallest absolute Gasteiger partial charge is 0.310 e. The Balaban J connectivity index is 1.73. The van der Waals surface area contributed by atoms with Gasteiger partial charge in [0.15, 0.2) is 0 Å². The lowest BCUT2D eigenvalue weighted by atomic mass is 9.85. The molecule has 3 aromatic carbocycles. The van der Waals surface area contributed by atoms with E-state index in [-0.39, 0.29) is 6.04 Å². The second kappa shape index (κ2) is 8.06. The molecule has 0 fully saturated rings. The van der Waals surface area contributed by atoms with Crippen molar-refractivity contribution in [3.8, 4) is 0 Å². The van der Waals surface area contributed by atoms with Crippen LogP contribution in [0.2, 0.25) is 0 Å². The van der Waals surface area contributed by atoms with Gasteiger partial charge in [0, 0.05) is 11.7 Å². The van der Waals surface area contributed by atoms with E-state index in [9.17, 15) is 22.4 Å². The van der Waals surface area contributed by atoms with Crippen molar-refractivity contribution in [3.63, 3.8) is 0 Å². The van der Waals surface area contributed by atoms with Crippen molar-refractivity contribution in [2.24, 2.45) is 0 Å². The molecule has 160 valence electrons. The van der Waals surface area contributed by atoms with E-state index < -0.39 is 29.6 Å². The summed E-state index contributed by atoms with van der Waals surface area (Å²) in [6.07, 6.45) is -3.82. The van der Waals surface area contributed by atoms with Crippen molar-refractivity contribution < 1.29 is 22.4 Å². The van der Waals surface area contributed by atoms with Gasteiger partial charge in [-0.05, 0) is 66.4 Å². The standard InChI is InChI=1S/C24H20F4N2O/c1-15-14-17-4-2-3-5-21(17)22(16-6-8-18(9-7-16)24(26,27)28)30(15)23(31)29-20-12-10-19(25)11-13-20/h2-13,15,22H,14H2,1H3,(H,29,31)/t15-,22-/m1/s1. The first-order chi connectivity index (χ1) is 14.7. The summed E-state index contributed by atoms with van der Waals surface area (Å²) < 4.78 is 52.3. The maximum absolute atomic E-state index is 13.2. The lowest BCUT2D eigenvalue weighted by molar-refractivity contribution is -0.137. The summed E-state index contributed by atoms with van der Waals surface area (Å²) in [6.45, 7) is 1.90. The Kier molecular flexibility index (Phi) is 5.43. The van der Waals surface area contributed by atoms with Crippen LogP contribution in [0.15, 0.2) is 72.8 Å². The molecule has 4 rings (SSSR count). The van der Waals surface area contributed by atoms with E-state index in [1.54, 1.807) is 4.90 Å². The number of carbonyl (C=O) groups is 1. The van der Waals surface area contributed by atoms with Crippen molar-refractivity contribution in [3.05, 3.63) is 101 Å². The molecule has 2 atom stereocenters. The van der Waals surface area contributed by atoms with Crippen LogP contribution >= 0.6 is 0 Å². The number of halogens is 4. The molecule has 0 spiro atoms. The predicted molar refractivity (Wildman–Crippen MR) is 110 cm³/mol. The van der Waals surface area contributed by atoms with Crippen molar-refractivity contribution >= 4 is 11.7 Å². The summed E-state index contributed by atoms with van der Waals surface area (Å²) in [5, 5.41) is 2.78. The number of urea groups is 1. The summed E-state index contributed by atoms with van der Waals surface area (Å²) in [5.41, 5.74) is 2.20. The Hall–Kier alpha value is -3.35. The van der Waals surface area contributed by atoms with Gasteiger partial charge in [0.25, 0.3) is 0 Å². The molecule has 0 aliphatic carbocycles. The zero-order chi connectivity index (χ0) is 22.2. The summed E-state index contributed by atoms with van der Waals surface area (Å²) in [7, 11) is 0. The van der Waals surface area contributed by atoms with Crippen molar-refractivity contribution in [2.45, 2.75) is 31.6 Å². The Bertz CT molecular complexity index is 1080. The number of nitrogens with one attached hydrogen (secondary N) is 1. The molecular weight excluding hydrogens is 408 g/mol. The topological polar surface area (TPSA) is 32.3 Å². The maximum atomic E-state index is 13.2. The molecule has 1 heterocycles. The maximum Gasteiger partial charge on any atom is 0.416 e. The van der Waals surface area contributed by atoms with Crippen LogP contribution in [-0.4, -0.2) is 17.0 Å². The van der Waals surface area contributed by atoms with Gasteiger partial charge in [0.1, 0.15) is 5.82 Å². The molecular formula is C24H20F4N2O. The second-order valence-electron chi connectivity index (χ2n) is 7.62. The number of alkyl halides is 3. The van der Waals surface area contributed by atoms with E-state index >= 15 is 0 Å². The van der Waals surface area contributed by atoms with Gasteiger partial charge in [-0.15, -0.1) is 0 Å². The molecule has 1 aliphatic rings. The van der Waals surface area contributed by atoms with Crippen LogP contribution in [0, 0.1) is 5.82 Å². The van der Waals surface area contributed by atoms with Gasteiger partial charge in [-0.1, -0.05) is 36.4 Å². The lowest BCUT2D eigenvalue weighted by Crippen LogP contribution is -2.48. The SMILES string of the molecule is C[C@@H]1Cc2ccccc2[C@@H](c2ccc(C(F)(F)F)cc2)N1C(=O)Nc1ccc(F)cc1. The number of hydrogen-bond donors (Lipinski definition) is 1. The third-order valence-electron chi connectivity index (χ3n) is 5.50. The zero-order valence-corrected chi connectivity index (χ0v) is 16.7. The van der Waals surface area contributed by atoms with Crippen LogP contribution in [0.1, 0.15) is 35.2 Å². The molecule has 31 heavy (non-hydrogen) atoms. The molecule has 1 N–H and O–H groups in total. The average Bonchev–Trinajstić information content (AvgIpc) is 2.74. The van der Waals surface area contributed by atoms with Gasteiger partial charge in [-0.2, -0.15) is 13.2 Å². The number of rotatable bonds is 2. The Morgan fingerprint density at radius 2 is 1.61 bits per heavy atom. The van der Waals surface area contributed by atoms with E-state index in [0.29, 0.717) is 17.7 Å². The second-order valence-corrected chi connectivity index (χ2v) is 7.62. The zero-order valence-electron chi connectivity index (χ0n) is 16.7. The minimum Gasteiger partial charge on any atom is -0.310 e. The molecule has 0 unspecified atom stereocenters. The number of anilines is 1. The molecule has 0 bridgehead atoms. The van der Waals surface area contributed by atoms with Gasteiger partial charge in [0.2, 0.25) is 0 Å².